The molecule has 1 aliphatic heterocycles. The van der Waals surface area contributed by atoms with Crippen molar-refractivity contribution in [3.63, 3.8) is 0 Å². The molecule has 4 aliphatic rings. The summed E-state index contributed by atoms with van der Waals surface area (Å²) >= 11 is 0. The fourth-order valence-electron chi connectivity index (χ4n) is 8.39. The lowest BCUT2D eigenvalue weighted by Crippen LogP contribution is -2.67. The van der Waals surface area contributed by atoms with Gasteiger partial charge in [0.2, 0.25) is 17.6 Å². The number of nitrogens with zero attached hydrogens (tertiary/aromatic N) is 1. The Morgan fingerprint density at radius 1 is 0.906 bits per heavy atom. The minimum atomic E-state index is -3.58. The largest absolute Gasteiger partial charge is 0.344 e. The first-order valence-corrected chi connectivity index (χ1v) is 21.5. The summed E-state index contributed by atoms with van der Waals surface area (Å²) in [6.07, 6.45) is 15.5. The Bertz CT molecular complexity index is 1530. The standard InChI is InChI=1S/C40H65N5O7S/c1-9-22-41-34(48)31(46)29(23-28-16-17-28)42-33(47)30-24-38(6,7)27(2)25-45(30)35(49)32(39(8)18-12-10-13-19-39)43-36(50)44-40(20-14-11-15-21-40)26-53(51,52)37(3,4)5/h1,27-30,32H,10-26H2,2-8H3,(H,41,48)(H,42,47)(H2,43,44,50)/t27?,29?,30-,32+/m0/s1. The van der Waals surface area contributed by atoms with E-state index in [9.17, 15) is 27.6 Å². The van der Waals surface area contributed by atoms with E-state index in [1.807, 2.05) is 13.8 Å². The molecule has 4 rings (SSSR count). The highest BCUT2D eigenvalue weighted by atomic mass is 32.2. The van der Waals surface area contributed by atoms with Gasteiger partial charge in [0.1, 0.15) is 12.1 Å². The molecule has 1 saturated heterocycles. The van der Waals surface area contributed by atoms with Gasteiger partial charge in [0.15, 0.2) is 9.84 Å². The third kappa shape index (κ3) is 10.5. The fourth-order valence-corrected chi connectivity index (χ4v) is 9.91. The maximum Gasteiger partial charge on any atom is 0.315 e. The van der Waals surface area contributed by atoms with Crippen LogP contribution in [0.15, 0.2) is 0 Å². The van der Waals surface area contributed by atoms with Gasteiger partial charge >= 0.3 is 6.03 Å². The molecule has 12 nitrogen and oxygen atoms in total. The maximum atomic E-state index is 15.0. The molecule has 0 spiro atoms. The van der Waals surface area contributed by atoms with Gasteiger partial charge < -0.3 is 26.2 Å². The number of rotatable bonds is 13. The number of piperidine rings is 1. The summed E-state index contributed by atoms with van der Waals surface area (Å²) in [7, 11) is -3.58. The molecule has 5 amide bonds. The van der Waals surface area contributed by atoms with Crippen molar-refractivity contribution in [2.45, 2.75) is 167 Å². The molecule has 4 fully saturated rings. The van der Waals surface area contributed by atoms with Gasteiger partial charge in [-0.15, -0.1) is 6.42 Å². The van der Waals surface area contributed by atoms with Crippen LogP contribution in [0, 0.1) is 35.0 Å². The normalized spacial score (nSPS) is 25.1. The Kier molecular flexibility index (Phi) is 13.4. The molecule has 4 N–H and O–H groups in total. The number of amides is 5. The van der Waals surface area contributed by atoms with Gasteiger partial charge in [-0.3, -0.25) is 19.2 Å². The number of sulfone groups is 1. The first kappa shape index (κ1) is 42.6. The predicted octanol–water partition coefficient (Wildman–Crippen LogP) is 4.41. The van der Waals surface area contributed by atoms with Crippen molar-refractivity contribution in [1.29, 1.82) is 0 Å². The van der Waals surface area contributed by atoms with Crippen molar-refractivity contribution in [2.75, 3.05) is 18.8 Å². The SMILES string of the molecule is C#CCNC(=O)C(=O)C(CC1CC1)NC(=O)[C@@H]1CC(C)(C)C(C)CN1C(=O)[C@@H](NC(=O)NC1(CS(=O)(=O)C(C)(C)C)CCCCC1)C1(C)CCCCC1. The van der Waals surface area contributed by atoms with Gasteiger partial charge in [0.25, 0.3) is 5.91 Å². The first-order valence-electron chi connectivity index (χ1n) is 19.8. The van der Waals surface area contributed by atoms with E-state index in [1.54, 1.807) is 25.7 Å². The second-order valence-corrected chi connectivity index (χ2v) is 21.3. The lowest BCUT2D eigenvalue weighted by atomic mass is 9.68. The summed E-state index contributed by atoms with van der Waals surface area (Å²) in [4.78, 5) is 71.0. The second-order valence-electron chi connectivity index (χ2n) is 18.6. The number of carbonyl (C=O) groups excluding carboxylic acids is 5. The minimum Gasteiger partial charge on any atom is -0.344 e. The Labute approximate surface area is 317 Å². The third-order valence-corrected chi connectivity index (χ3v) is 15.6. The lowest BCUT2D eigenvalue weighted by molar-refractivity contribution is -0.152. The van der Waals surface area contributed by atoms with E-state index in [1.165, 1.54) is 0 Å². The van der Waals surface area contributed by atoms with Crippen LogP contribution in [0.5, 0.6) is 0 Å². The molecule has 53 heavy (non-hydrogen) atoms. The molecule has 3 aliphatic carbocycles. The summed E-state index contributed by atoms with van der Waals surface area (Å²) in [5, 5.41) is 11.4. The van der Waals surface area contributed by atoms with Crippen LogP contribution >= 0.6 is 0 Å². The maximum absolute atomic E-state index is 15.0. The first-order chi connectivity index (χ1) is 24.6. The number of hydrogen-bond donors (Lipinski definition) is 4. The van der Waals surface area contributed by atoms with E-state index in [4.69, 9.17) is 6.42 Å². The van der Waals surface area contributed by atoms with Crippen LogP contribution in [0.3, 0.4) is 0 Å². The van der Waals surface area contributed by atoms with Crippen LogP contribution in [-0.4, -0.2) is 90.1 Å². The molecule has 1 heterocycles. The molecule has 0 bridgehead atoms. The van der Waals surface area contributed by atoms with E-state index in [-0.39, 0.29) is 42.0 Å². The molecule has 13 heteroatoms. The average molecular weight is 760 g/mol. The number of Topliss-reactive ketones (excluding diaryl/α,β-unsaturated/α-hetero) is 1. The number of urea groups is 1. The Morgan fingerprint density at radius 2 is 1.49 bits per heavy atom. The van der Waals surface area contributed by atoms with Crippen LogP contribution in [0.2, 0.25) is 0 Å². The molecule has 0 radical (unpaired) electrons. The van der Waals surface area contributed by atoms with Crippen molar-refractivity contribution < 1.29 is 32.4 Å². The number of nitrogens with one attached hydrogen (secondary N) is 4. The highest BCUT2D eigenvalue weighted by Gasteiger charge is 2.51. The molecular formula is C40H65N5O7S. The van der Waals surface area contributed by atoms with Gasteiger partial charge in [0.05, 0.1) is 28.6 Å². The van der Waals surface area contributed by atoms with E-state index >= 15 is 4.79 Å². The summed E-state index contributed by atoms with van der Waals surface area (Å²) in [6.45, 7) is 13.3. The van der Waals surface area contributed by atoms with E-state index < -0.39 is 67.3 Å². The zero-order chi connectivity index (χ0) is 39.4. The zero-order valence-electron chi connectivity index (χ0n) is 33.2. The van der Waals surface area contributed by atoms with Crippen LogP contribution in [0.25, 0.3) is 0 Å². The second kappa shape index (κ2) is 16.7. The van der Waals surface area contributed by atoms with Gasteiger partial charge in [-0.25, -0.2) is 13.2 Å². The third-order valence-electron chi connectivity index (χ3n) is 12.8. The zero-order valence-corrected chi connectivity index (χ0v) is 34.0. The van der Waals surface area contributed by atoms with Crippen molar-refractivity contribution >= 4 is 39.4 Å². The summed E-state index contributed by atoms with van der Waals surface area (Å²) in [5.41, 5.74) is -1.90. The summed E-state index contributed by atoms with van der Waals surface area (Å²) in [6, 6.07) is -3.57. The Hall–Kier alpha value is -3.14. The quantitative estimate of drug-likeness (QED) is 0.159. The average Bonchev–Trinajstić information content (AvgIpc) is 3.90. The highest BCUT2D eigenvalue weighted by molar-refractivity contribution is 7.92. The van der Waals surface area contributed by atoms with E-state index in [2.05, 4.69) is 41.0 Å². The number of hydrogen-bond acceptors (Lipinski definition) is 7. The van der Waals surface area contributed by atoms with Crippen LogP contribution < -0.4 is 21.3 Å². The summed E-state index contributed by atoms with van der Waals surface area (Å²) in [5.74, 6) is -0.171. The van der Waals surface area contributed by atoms with Gasteiger partial charge in [0, 0.05) is 6.54 Å². The number of carbonyl (C=O) groups is 5. The monoisotopic (exact) mass is 759 g/mol. The Balaban J connectivity index is 1.64. The minimum absolute atomic E-state index is 0.00989. The van der Waals surface area contributed by atoms with Crippen molar-refractivity contribution in [1.82, 2.24) is 26.2 Å². The van der Waals surface area contributed by atoms with E-state index in [0.717, 1.165) is 51.4 Å². The van der Waals surface area contributed by atoms with Crippen molar-refractivity contribution in [3.05, 3.63) is 0 Å². The predicted molar refractivity (Wildman–Crippen MR) is 205 cm³/mol. The van der Waals surface area contributed by atoms with Gasteiger partial charge in [-0.1, -0.05) is 85.0 Å². The summed E-state index contributed by atoms with van der Waals surface area (Å²) < 4.78 is 25.9. The number of likely N-dealkylation sites (tertiary alicyclic amines) is 1. The van der Waals surface area contributed by atoms with Crippen molar-refractivity contribution in [3.8, 4) is 12.3 Å². The molecule has 0 aromatic heterocycles. The molecule has 298 valence electrons. The smallest absolute Gasteiger partial charge is 0.315 e. The molecule has 3 saturated carbocycles. The van der Waals surface area contributed by atoms with Gasteiger partial charge in [-0.05, 0) is 82.0 Å². The number of terminal acetylenes is 1. The molecule has 2 unspecified atom stereocenters. The topological polar surface area (TPSA) is 171 Å². The van der Waals surface area contributed by atoms with Gasteiger partial charge in [-0.2, -0.15) is 0 Å². The molecular weight excluding hydrogens is 695 g/mol. The van der Waals surface area contributed by atoms with Crippen LogP contribution in [0.4, 0.5) is 4.79 Å². The van der Waals surface area contributed by atoms with Crippen LogP contribution in [0.1, 0.15) is 138 Å². The van der Waals surface area contributed by atoms with E-state index in [0.29, 0.717) is 38.5 Å². The Morgan fingerprint density at radius 3 is 2.04 bits per heavy atom. The fraction of sp³-hybridized carbons (Fsp3) is 0.825. The molecule has 4 atom stereocenters. The molecule has 0 aromatic rings. The number of ketones is 1. The lowest BCUT2D eigenvalue weighted by Gasteiger charge is -2.50. The van der Waals surface area contributed by atoms with Crippen molar-refractivity contribution in [2.24, 2.45) is 22.7 Å². The molecule has 0 aromatic carbocycles. The highest BCUT2D eigenvalue weighted by Crippen LogP contribution is 2.43. The van der Waals surface area contributed by atoms with Crippen LogP contribution in [-0.2, 0) is 29.0 Å².